The zero-order valence-electron chi connectivity index (χ0n) is 15.8. The Kier molecular flexibility index (Phi) is 6.27. The van der Waals surface area contributed by atoms with Gasteiger partial charge in [0.2, 0.25) is 0 Å². The molecular weight excluding hydrogens is 367 g/mol. The van der Waals surface area contributed by atoms with Crippen molar-refractivity contribution in [2.45, 2.75) is 44.3 Å². The molecule has 0 aliphatic carbocycles. The molecule has 0 spiro atoms. The van der Waals surface area contributed by atoms with Crippen LogP contribution in [0.5, 0.6) is 0 Å². The van der Waals surface area contributed by atoms with Crippen molar-refractivity contribution >= 4 is 5.69 Å². The number of hydrogen-bond acceptors (Lipinski definition) is 4. The Balaban J connectivity index is 2.02. The molecule has 0 radical (unpaired) electrons. The quantitative estimate of drug-likeness (QED) is 0.510. The predicted molar refractivity (Wildman–Crippen MR) is 104 cm³/mol. The first-order valence-corrected chi connectivity index (χ1v) is 9.41. The number of hydrogen-bond donors (Lipinski definition) is 3. The smallest absolute Gasteiger partial charge is 0.378 e. The third kappa shape index (κ3) is 4.16. The van der Waals surface area contributed by atoms with Crippen molar-refractivity contribution in [1.82, 2.24) is 5.32 Å². The van der Waals surface area contributed by atoms with Crippen molar-refractivity contribution < 1.29 is 17.9 Å². The Morgan fingerprint density at radius 1 is 1.39 bits per heavy atom. The highest BCUT2D eigenvalue weighted by Gasteiger charge is 2.43. The van der Waals surface area contributed by atoms with Crippen LogP contribution in [0.2, 0.25) is 0 Å². The maximum atomic E-state index is 13.3. The van der Waals surface area contributed by atoms with Gasteiger partial charge in [-0.15, -0.1) is 0 Å². The summed E-state index contributed by atoms with van der Waals surface area (Å²) >= 11 is 0. The average molecular weight is 393 g/mol. The summed E-state index contributed by atoms with van der Waals surface area (Å²) in [6.07, 6.45) is 3.96. The molecule has 2 aliphatic rings. The van der Waals surface area contributed by atoms with Crippen LogP contribution in [-0.2, 0) is 10.9 Å². The van der Waals surface area contributed by atoms with Crippen molar-refractivity contribution in [2.75, 3.05) is 12.0 Å². The van der Waals surface area contributed by atoms with E-state index < -0.39 is 17.8 Å². The van der Waals surface area contributed by atoms with Gasteiger partial charge in [-0.3, -0.25) is 5.32 Å². The van der Waals surface area contributed by atoms with E-state index in [4.69, 9.17) is 10.5 Å². The largest absolute Gasteiger partial charge is 0.416 e. The zero-order valence-corrected chi connectivity index (χ0v) is 15.8. The molecule has 2 aliphatic heterocycles. The van der Waals surface area contributed by atoms with Gasteiger partial charge in [-0.05, 0) is 43.5 Å². The standard InChI is InChI=1S/C21H26F3N3O/c1-3-5-6-13(4-2)19-15-8-10-18(26-12-25)28-20(15)16-11-14(21(22,23)24)7-9-17(16)27-19/h3-7,9,11,15,18-20,26-27H,1,8,10,12,25H2,2H3/b6-5-,13-4+/t15?,18?,19-,20?/m0/s1. The number of allylic oxidation sites excluding steroid dienone is 3. The molecule has 152 valence electrons. The van der Waals surface area contributed by atoms with E-state index in [2.05, 4.69) is 17.2 Å². The summed E-state index contributed by atoms with van der Waals surface area (Å²) in [6.45, 7) is 5.91. The number of fused-ring (bicyclic) bond motifs is 3. The highest BCUT2D eigenvalue weighted by atomic mass is 19.4. The number of rotatable bonds is 5. The van der Waals surface area contributed by atoms with Gasteiger partial charge < -0.3 is 15.8 Å². The first-order valence-electron chi connectivity index (χ1n) is 9.41. The van der Waals surface area contributed by atoms with Crippen LogP contribution in [0.4, 0.5) is 18.9 Å². The fourth-order valence-electron chi connectivity index (χ4n) is 4.04. The summed E-state index contributed by atoms with van der Waals surface area (Å²) in [4.78, 5) is 0. The van der Waals surface area contributed by atoms with Gasteiger partial charge in [0, 0.05) is 23.8 Å². The second-order valence-corrected chi connectivity index (χ2v) is 7.00. The lowest BCUT2D eigenvalue weighted by atomic mass is 9.76. The minimum atomic E-state index is -4.40. The van der Waals surface area contributed by atoms with Gasteiger partial charge in [-0.25, -0.2) is 0 Å². The Labute approximate surface area is 163 Å². The van der Waals surface area contributed by atoms with Crippen LogP contribution in [-0.4, -0.2) is 18.9 Å². The normalized spacial score (nSPS) is 27.8. The fraction of sp³-hybridized carbons (Fsp3) is 0.429. The molecule has 0 amide bonds. The summed E-state index contributed by atoms with van der Waals surface area (Å²) in [5, 5.41) is 6.49. The molecule has 28 heavy (non-hydrogen) atoms. The predicted octanol–water partition coefficient (Wildman–Crippen LogP) is 4.49. The number of nitrogens with two attached hydrogens (primary N) is 1. The van der Waals surface area contributed by atoms with Gasteiger partial charge in [0.15, 0.2) is 0 Å². The maximum absolute atomic E-state index is 13.3. The van der Waals surface area contributed by atoms with E-state index in [1.807, 2.05) is 25.2 Å². The van der Waals surface area contributed by atoms with Crippen LogP contribution >= 0.6 is 0 Å². The van der Waals surface area contributed by atoms with Gasteiger partial charge in [0.25, 0.3) is 0 Å². The molecule has 1 aromatic carbocycles. The molecule has 0 saturated carbocycles. The van der Waals surface area contributed by atoms with Crippen LogP contribution in [0.15, 0.2) is 54.7 Å². The van der Waals surface area contributed by atoms with Crippen molar-refractivity contribution in [3.05, 3.63) is 65.8 Å². The van der Waals surface area contributed by atoms with Gasteiger partial charge in [0.1, 0.15) is 6.23 Å². The van der Waals surface area contributed by atoms with E-state index in [1.54, 1.807) is 6.08 Å². The monoisotopic (exact) mass is 393 g/mol. The minimum absolute atomic E-state index is 0.00692. The Bertz CT molecular complexity index is 773. The lowest BCUT2D eigenvalue weighted by Crippen LogP contribution is -2.48. The highest BCUT2D eigenvalue weighted by Crippen LogP contribution is 2.48. The lowest BCUT2D eigenvalue weighted by molar-refractivity contribution is -0.138. The number of benzene rings is 1. The topological polar surface area (TPSA) is 59.3 Å². The Morgan fingerprint density at radius 2 is 2.18 bits per heavy atom. The molecule has 1 saturated heterocycles. The lowest BCUT2D eigenvalue weighted by Gasteiger charge is -2.46. The average Bonchev–Trinajstić information content (AvgIpc) is 2.67. The third-order valence-corrected chi connectivity index (χ3v) is 5.35. The SMILES string of the molecule is C=C/C=C\C(=C/C)[C@@H]1Nc2ccc(C(F)(F)F)cc2C2OC(NCN)CCC21. The molecule has 4 N–H and O–H groups in total. The van der Waals surface area contributed by atoms with E-state index in [0.29, 0.717) is 11.3 Å². The highest BCUT2D eigenvalue weighted by molar-refractivity contribution is 5.60. The summed E-state index contributed by atoms with van der Waals surface area (Å²) in [7, 11) is 0. The van der Waals surface area contributed by atoms with E-state index in [-0.39, 0.29) is 24.9 Å². The number of nitrogens with one attached hydrogen (secondary N) is 2. The summed E-state index contributed by atoms with van der Waals surface area (Å²) in [5.41, 5.74) is 7.17. The van der Waals surface area contributed by atoms with Crippen molar-refractivity contribution in [3.63, 3.8) is 0 Å². The van der Waals surface area contributed by atoms with Crippen molar-refractivity contribution in [3.8, 4) is 0 Å². The van der Waals surface area contributed by atoms with Crippen LogP contribution in [0.3, 0.4) is 0 Å². The molecule has 4 nitrogen and oxygen atoms in total. The van der Waals surface area contributed by atoms with Gasteiger partial charge in [0.05, 0.1) is 17.7 Å². The zero-order chi connectivity index (χ0) is 20.3. The molecule has 1 fully saturated rings. The minimum Gasteiger partial charge on any atom is -0.378 e. The van der Waals surface area contributed by atoms with E-state index >= 15 is 0 Å². The van der Waals surface area contributed by atoms with Crippen LogP contribution in [0, 0.1) is 5.92 Å². The Hall–Kier alpha value is -2.09. The van der Waals surface area contributed by atoms with Crippen molar-refractivity contribution in [1.29, 1.82) is 0 Å². The second kappa shape index (κ2) is 8.51. The maximum Gasteiger partial charge on any atom is 0.416 e. The van der Waals surface area contributed by atoms with Gasteiger partial charge in [-0.1, -0.05) is 30.9 Å². The van der Waals surface area contributed by atoms with Gasteiger partial charge >= 0.3 is 6.18 Å². The van der Waals surface area contributed by atoms with E-state index in [0.717, 1.165) is 24.5 Å². The number of alkyl halides is 3. The molecule has 0 aromatic heterocycles. The van der Waals surface area contributed by atoms with E-state index in [9.17, 15) is 13.2 Å². The molecule has 7 heteroatoms. The third-order valence-electron chi connectivity index (χ3n) is 5.35. The van der Waals surface area contributed by atoms with E-state index in [1.165, 1.54) is 12.1 Å². The fourth-order valence-corrected chi connectivity index (χ4v) is 4.04. The number of halogens is 3. The first kappa shape index (κ1) is 20.6. The van der Waals surface area contributed by atoms with Crippen molar-refractivity contribution in [2.24, 2.45) is 11.7 Å². The summed E-state index contributed by atoms with van der Waals surface area (Å²) in [6, 6.07) is 3.75. The number of ether oxygens (including phenoxy) is 1. The molecule has 4 atom stereocenters. The molecular formula is C21H26F3N3O. The molecule has 0 bridgehead atoms. The van der Waals surface area contributed by atoms with Crippen LogP contribution in [0.25, 0.3) is 0 Å². The van der Waals surface area contributed by atoms with Crippen LogP contribution in [0.1, 0.15) is 37.0 Å². The van der Waals surface area contributed by atoms with Crippen LogP contribution < -0.4 is 16.4 Å². The molecule has 2 heterocycles. The molecule has 3 unspecified atom stereocenters. The summed E-state index contributed by atoms with van der Waals surface area (Å²) < 4.78 is 46.0. The molecule has 1 aromatic rings. The van der Waals surface area contributed by atoms with Gasteiger partial charge in [-0.2, -0.15) is 13.2 Å². The summed E-state index contributed by atoms with van der Waals surface area (Å²) in [5.74, 6) is 0.00692. The molecule has 3 rings (SSSR count). The number of anilines is 1. The first-order chi connectivity index (χ1) is 13.4. The Morgan fingerprint density at radius 3 is 2.82 bits per heavy atom. The second-order valence-electron chi connectivity index (χ2n) is 7.00.